The molecule has 0 bridgehead atoms. The Bertz CT molecular complexity index is 396. The van der Waals surface area contributed by atoms with Crippen LogP contribution >= 0.6 is 0 Å². The fourth-order valence-electron chi connectivity index (χ4n) is 3.19. The zero-order valence-electron chi connectivity index (χ0n) is 12.5. The number of methoxy groups -OCH3 is 1. The fraction of sp³-hybridized carbons (Fsp3) is 0.857. The maximum atomic E-state index is 5.94. The van der Waals surface area contributed by atoms with Crippen molar-refractivity contribution in [2.24, 2.45) is 13.0 Å². The molecular weight excluding hydrogens is 240 g/mol. The summed E-state index contributed by atoms with van der Waals surface area (Å²) in [5, 5.41) is 11.6. The number of nitrogens with one attached hydrogen (secondary N) is 1. The van der Waals surface area contributed by atoms with Crippen molar-refractivity contribution in [3.8, 4) is 0 Å². The Kier molecular flexibility index (Phi) is 4.58. The predicted molar refractivity (Wildman–Crippen MR) is 74.9 cm³/mol. The first-order valence-corrected chi connectivity index (χ1v) is 7.17. The lowest BCUT2D eigenvalue weighted by Crippen LogP contribution is -2.54. The number of aromatic nitrogens is 3. The highest BCUT2D eigenvalue weighted by atomic mass is 16.5. The van der Waals surface area contributed by atoms with Crippen LogP contribution in [0.3, 0.4) is 0 Å². The molecule has 1 aromatic rings. The average molecular weight is 266 g/mol. The van der Waals surface area contributed by atoms with Gasteiger partial charge in [0.05, 0.1) is 11.3 Å². The molecular formula is C14H26N4O. The van der Waals surface area contributed by atoms with Crippen LogP contribution in [0.25, 0.3) is 0 Å². The minimum Gasteiger partial charge on any atom is -0.377 e. The van der Waals surface area contributed by atoms with Gasteiger partial charge in [0.15, 0.2) is 0 Å². The summed E-state index contributed by atoms with van der Waals surface area (Å²) in [4.78, 5) is 0. The molecule has 0 aromatic carbocycles. The van der Waals surface area contributed by atoms with E-state index in [2.05, 4.69) is 22.6 Å². The molecule has 2 rings (SSSR count). The van der Waals surface area contributed by atoms with Crippen molar-refractivity contribution >= 4 is 0 Å². The molecule has 1 heterocycles. The second kappa shape index (κ2) is 6.01. The number of ether oxygens (including phenoxy) is 1. The van der Waals surface area contributed by atoms with E-state index in [9.17, 15) is 0 Å². The number of aryl methyl sites for hydroxylation is 1. The van der Waals surface area contributed by atoms with E-state index in [1.165, 1.54) is 12.8 Å². The maximum Gasteiger partial charge on any atom is 0.0843 e. The van der Waals surface area contributed by atoms with Gasteiger partial charge in [-0.25, -0.2) is 0 Å². The van der Waals surface area contributed by atoms with Gasteiger partial charge in [-0.1, -0.05) is 12.1 Å². The van der Waals surface area contributed by atoms with E-state index in [0.29, 0.717) is 6.04 Å². The molecule has 5 nitrogen and oxygen atoms in total. The standard InChI is InChI=1S/C14H26N4O/c1-11-5-7-14(19-4,8-6-11)13(15-2)9-12-10-18(3)17-16-12/h10-11,13,15H,5-9H2,1-4H3. The van der Waals surface area contributed by atoms with Crippen LogP contribution in [0.2, 0.25) is 0 Å². The van der Waals surface area contributed by atoms with Crippen molar-refractivity contribution in [3.05, 3.63) is 11.9 Å². The van der Waals surface area contributed by atoms with Gasteiger partial charge in [0.25, 0.3) is 0 Å². The summed E-state index contributed by atoms with van der Waals surface area (Å²) in [6.45, 7) is 2.33. The number of likely N-dealkylation sites (N-methyl/N-ethyl adjacent to an activating group) is 1. The minimum atomic E-state index is -0.0568. The topological polar surface area (TPSA) is 52.0 Å². The number of rotatable bonds is 5. The molecule has 19 heavy (non-hydrogen) atoms. The van der Waals surface area contributed by atoms with Crippen LogP contribution in [0, 0.1) is 5.92 Å². The summed E-state index contributed by atoms with van der Waals surface area (Å²) in [7, 11) is 5.76. The maximum absolute atomic E-state index is 5.94. The van der Waals surface area contributed by atoms with Gasteiger partial charge >= 0.3 is 0 Å². The van der Waals surface area contributed by atoms with Gasteiger partial charge in [-0.05, 0) is 38.6 Å². The minimum absolute atomic E-state index is 0.0568. The molecule has 0 saturated heterocycles. The largest absolute Gasteiger partial charge is 0.377 e. The highest BCUT2D eigenvalue weighted by Gasteiger charge is 2.41. The molecule has 0 amide bonds. The van der Waals surface area contributed by atoms with Gasteiger partial charge in [0.1, 0.15) is 0 Å². The lowest BCUT2D eigenvalue weighted by Gasteiger charge is -2.43. The monoisotopic (exact) mass is 266 g/mol. The first kappa shape index (κ1) is 14.5. The summed E-state index contributed by atoms with van der Waals surface area (Å²) >= 11 is 0. The van der Waals surface area contributed by atoms with Crippen LogP contribution in [0.5, 0.6) is 0 Å². The third kappa shape index (κ3) is 3.15. The molecule has 1 aromatic heterocycles. The van der Waals surface area contributed by atoms with Gasteiger partial charge in [-0.3, -0.25) is 4.68 Å². The SMILES string of the molecule is CNC(Cc1cn(C)nn1)C1(OC)CCC(C)CC1. The van der Waals surface area contributed by atoms with Gasteiger partial charge in [0, 0.05) is 32.8 Å². The predicted octanol–water partition coefficient (Wildman–Crippen LogP) is 1.54. The van der Waals surface area contributed by atoms with E-state index >= 15 is 0 Å². The van der Waals surface area contributed by atoms with E-state index in [1.54, 1.807) is 4.68 Å². The lowest BCUT2D eigenvalue weighted by atomic mass is 9.74. The van der Waals surface area contributed by atoms with Crippen molar-refractivity contribution in [1.82, 2.24) is 20.3 Å². The normalized spacial score (nSPS) is 29.4. The second-order valence-corrected chi connectivity index (χ2v) is 5.88. The van der Waals surface area contributed by atoms with Crippen molar-refractivity contribution < 1.29 is 4.74 Å². The Morgan fingerprint density at radius 3 is 2.68 bits per heavy atom. The van der Waals surface area contributed by atoms with Crippen LogP contribution in [-0.2, 0) is 18.2 Å². The Balaban J connectivity index is 2.10. The first-order chi connectivity index (χ1) is 9.09. The van der Waals surface area contributed by atoms with Gasteiger partial charge in [0.2, 0.25) is 0 Å². The molecule has 1 aliphatic carbocycles. The second-order valence-electron chi connectivity index (χ2n) is 5.88. The first-order valence-electron chi connectivity index (χ1n) is 7.17. The number of hydrogen-bond donors (Lipinski definition) is 1. The molecule has 1 aliphatic rings. The van der Waals surface area contributed by atoms with Crippen molar-refractivity contribution in [3.63, 3.8) is 0 Å². The Morgan fingerprint density at radius 2 is 2.21 bits per heavy atom. The van der Waals surface area contributed by atoms with Crippen molar-refractivity contribution in [1.29, 1.82) is 0 Å². The molecule has 1 saturated carbocycles. The van der Waals surface area contributed by atoms with Crippen LogP contribution in [-0.4, -0.2) is 40.8 Å². The van der Waals surface area contributed by atoms with Crippen LogP contribution in [0.4, 0.5) is 0 Å². The number of nitrogens with zero attached hydrogens (tertiary/aromatic N) is 3. The van der Waals surface area contributed by atoms with Gasteiger partial charge in [-0.15, -0.1) is 5.10 Å². The molecule has 1 atom stereocenters. The van der Waals surface area contributed by atoms with Crippen molar-refractivity contribution in [2.75, 3.05) is 14.2 Å². The zero-order valence-corrected chi connectivity index (χ0v) is 12.5. The van der Waals surface area contributed by atoms with E-state index in [1.807, 2.05) is 27.4 Å². The summed E-state index contributed by atoms with van der Waals surface area (Å²) in [5.41, 5.74) is 0.968. The summed E-state index contributed by atoms with van der Waals surface area (Å²) in [5.74, 6) is 0.817. The highest BCUT2D eigenvalue weighted by molar-refractivity contribution is 5.04. The zero-order chi connectivity index (χ0) is 13.9. The quantitative estimate of drug-likeness (QED) is 0.878. The van der Waals surface area contributed by atoms with Crippen LogP contribution in [0.15, 0.2) is 6.20 Å². The van der Waals surface area contributed by atoms with E-state index in [-0.39, 0.29) is 5.60 Å². The molecule has 0 aliphatic heterocycles. The average Bonchev–Trinajstić information content (AvgIpc) is 2.83. The molecule has 0 radical (unpaired) electrons. The van der Waals surface area contributed by atoms with E-state index < -0.39 is 0 Å². The molecule has 108 valence electrons. The highest BCUT2D eigenvalue weighted by Crippen LogP contribution is 2.37. The van der Waals surface area contributed by atoms with Crippen LogP contribution in [0.1, 0.15) is 38.3 Å². The third-order valence-corrected chi connectivity index (χ3v) is 4.57. The molecule has 0 spiro atoms. The van der Waals surface area contributed by atoms with E-state index in [0.717, 1.165) is 30.9 Å². The Labute approximate surface area is 115 Å². The lowest BCUT2D eigenvalue weighted by molar-refractivity contribution is -0.0732. The van der Waals surface area contributed by atoms with Crippen molar-refractivity contribution in [2.45, 2.75) is 50.7 Å². The molecule has 1 fully saturated rings. The molecule has 1 unspecified atom stereocenters. The van der Waals surface area contributed by atoms with Gasteiger partial charge < -0.3 is 10.1 Å². The Hall–Kier alpha value is -0.940. The number of hydrogen-bond acceptors (Lipinski definition) is 4. The fourth-order valence-corrected chi connectivity index (χ4v) is 3.19. The van der Waals surface area contributed by atoms with Crippen LogP contribution < -0.4 is 5.32 Å². The molecule has 1 N–H and O–H groups in total. The summed E-state index contributed by atoms with van der Waals surface area (Å²) < 4.78 is 7.70. The molecule has 5 heteroatoms. The third-order valence-electron chi connectivity index (χ3n) is 4.57. The van der Waals surface area contributed by atoms with E-state index in [4.69, 9.17) is 4.74 Å². The van der Waals surface area contributed by atoms with Gasteiger partial charge in [-0.2, -0.15) is 0 Å². The summed E-state index contributed by atoms with van der Waals surface area (Å²) in [6.07, 6.45) is 7.58. The summed E-state index contributed by atoms with van der Waals surface area (Å²) in [6, 6.07) is 0.293. The smallest absolute Gasteiger partial charge is 0.0843 e. The Morgan fingerprint density at radius 1 is 1.53 bits per heavy atom.